The molecule has 0 saturated heterocycles. The van der Waals surface area contributed by atoms with E-state index in [1.54, 1.807) is 0 Å². The molecule has 0 radical (unpaired) electrons. The van der Waals surface area contributed by atoms with Gasteiger partial charge in [-0.2, -0.15) is 0 Å². The van der Waals surface area contributed by atoms with Gasteiger partial charge in [0.15, 0.2) is 0 Å². The lowest BCUT2D eigenvalue weighted by Crippen LogP contribution is -2.27. The molecular weight excluding hydrogens is 194 g/mol. The molecule has 1 fully saturated rings. The summed E-state index contributed by atoms with van der Waals surface area (Å²) in [6.07, 6.45) is 13.2. The first-order valence-corrected chi connectivity index (χ1v) is 7.59. The van der Waals surface area contributed by atoms with Crippen LogP contribution in [-0.4, -0.2) is 13.1 Å². The Hall–Kier alpha value is -0.0400. The molecule has 0 aromatic rings. The number of rotatable bonds is 9. The van der Waals surface area contributed by atoms with Gasteiger partial charge in [-0.1, -0.05) is 65.2 Å². The predicted octanol–water partition coefficient (Wildman–Crippen LogP) is 4.37. The van der Waals surface area contributed by atoms with Crippen LogP contribution < -0.4 is 5.32 Å². The van der Waals surface area contributed by atoms with Crippen LogP contribution in [0.15, 0.2) is 0 Å². The van der Waals surface area contributed by atoms with E-state index in [0.29, 0.717) is 0 Å². The molecule has 0 aromatic heterocycles. The van der Waals surface area contributed by atoms with Crippen molar-refractivity contribution in [2.75, 3.05) is 13.1 Å². The Morgan fingerprint density at radius 1 is 1.06 bits per heavy atom. The summed E-state index contributed by atoms with van der Waals surface area (Å²) in [4.78, 5) is 0. The van der Waals surface area contributed by atoms with Crippen molar-refractivity contribution >= 4 is 0 Å². The van der Waals surface area contributed by atoms with Crippen molar-refractivity contribution in [3.8, 4) is 0 Å². The first kappa shape index (κ1) is 14.0. The maximum Gasteiger partial charge on any atom is -0.00180 e. The fourth-order valence-electron chi connectivity index (χ4n) is 3.10. The van der Waals surface area contributed by atoms with E-state index >= 15 is 0 Å². The Kier molecular flexibility index (Phi) is 7.92. The van der Waals surface area contributed by atoms with Crippen LogP contribution in [0.3, 0.4) is 0 Å². The third kappa shape index (κ3) is 5.34. The highest BCUT2D eigenvalue weighted by Gasteiger charge is 2.23. The fourth-order valence-corrected chi connectivity index (χ4v) is 3.10. The van der Waals surface area contributed by atoms with Gasteiger partial charge in [0.2, 0.25) is 0 Å². The van der Waals surface area contributed by atoms with E-state index in [9.17, 15) is 0 Å². The van der Waals surface area contributed by atoms with Gasteiger partial charge >= 0.3 is 0 Å². The molecule has 0 aliphatic heterocycles. The second kappa shape index (κ2) is 9.04. The van der Waals surface area contributed by atoms with Gasteiger partial charge in [-0.05, 0) is 31.3 Å². The second-order valence-electron chi connectivity index (χ2n) is 5.46. The summed E-state index contributed by atoms with van der Waals surface area (Å²) >= 11 is 0. The molecule has 1 aliphatic rings. The summed E-state index contributed by atoms with van der Waals surface area (Å²) in [6.45, 7) is 6.93. The van der Waals surface area contributed by atoms with Crippen LogP contribution in [0.25, 0.3) is 0 Å². The smallest absolute Gasteiger partial charge is 0.00180 e. The van der Waals surface area contributed by atoms with Crippen molar-refractivity contribution in [1.82, 2.24) is 5.32 Å². The van der Waals surface area contributed by atoms with E-state index in [1.807, 2.05) is 0 Å². The molecule has 1 heteroatoms. The lowest BCUT2D eigenvalue weighted by molar-refractivity contribution is 0.297. The normalized spacial score (nSPS) is 19.1. The first-order valence-electron chi connectivity index (χ1n) is 7.59. The molecular formula is C15H31N. The third-order valence-corrected chi connectivity index (χ3v) is 4.15. The number of unbranched alkanes of at least 4 members (excludes halogenated alkanes) is 3. The molecule has 0 bridgehead atoms. The third-order valence-electron chi connectivity index (χ3n) is 4.15. The van der Waals surface area contributed by atoms with Gasteiger partial charge in [0.1, 0.15) is 0 Å². The summed E-state index contributed by atoms with van der Waals surface area (Å²) in [5.74, 6) is 2.01. The van der Waals surface area contributed by atoms with Crippen LogP contribution in [0.2, 0.25) is 0 Å². The van der Waals surface area contributed by atoms with E-state index in [4.69, 9.17) is 0 Å². The summed E-state index contributed by atoms with van der Waals surface area (Å²) in [5.41, 5.74) is 0. The molecule has 0 amide bonds. The van der Waals surface area contributed by atoms with Crippen molar-refractivity contribution in [1.29, 1.82) is 0 Å². The van der Waals surface area contributed by atoms with E-state index < -0.39 is 0 Å². The highest BCUT2D eigenvalue weighted by molar-refractivity contribution is 4.77. The van der Waals surface area contributed by atoms with Gasteiger partial charge in [0, 0.05) is 0 Å². The van der Waals surface area contributed by atoms with Crippen molar-refractivity contribution in [2.24, 2.45) is 11.8 Å². The van der Waals surface area contributed by atoms with E-state index in [-0.39, 0.29) is 0 Å². The van der Waals surface area contributed by atoms with Crippen LogP contribution in [0, 0.1) is 11.8 Å². The SMILES string of the molecule is CCCCCCC(CNCC)C1CCCC1. The molecule has 1 atom stereocenters. The molecule has 1 unspecified atom stereocenters. The topological polar surface area (TPSA) is 12.0 Å². The maximum absolute atomic E-state index is 3.57. The highest BCUT2D eigenvalue weighted by Crippen LogP contribution is 2.33. The quantitative estimate of drug-likeness (QED) is 0.574. The number of nitrogens with one attached hydrogen (secondary N) is 1. The lowest BCUT2D eigenvalue weighted by atomic mass is 9.86. The number of hydrogen-bond donors (Lipinski definition) is 1. The molecule has 1 aliphatic carbocycles. The van der Waals surface area contributed by atoms with E-state index in [2.05, 4.69) is 19.2 Å². The summed E-state index contributed by atoms with van der Waals surface area (Å²) in [5, 5.41) is 3.57. The average molecular weight is 225 g/mol. The van der Waals surface area contributed by atoms with Crippen molar-refractivity contribution in [3.63, 3.8) is 0 Å². The van der Waals surface area contributed by atoms with Crippen LogP contribution in [0.1, 0.15) is 71.6 Å². The molecule has 0 spiro atoms. The zero-order chi connectivity index (χ0) is 11.6. The molecule has 96 valence electrons. The fraction of sp³-hybridized carbons (Fsp3) is 1.00. The first-order chi connectivity index (χ1) is 7.88. The molecule has 0 aromatic carbocycles. The van der Waals surface area contributed by atoms with Gasteiger partial charge < -0.3 is 5.32 Å². The standard InChI is InChI=1S/C15H31N/c1-3-5-6-7-12-15(13-16-4-2)14-10-8-9-11-14/h14-16H,3-13H2,1-2H3. The summed E-state index contributed by atoms with van der Waals surface area (Å²) in [6, 6.07) is 0. The van der Waals surface area contributed by atoms with Crippen LogP contribution in [0.5, 0.6) is 0 Å². The van der Waals surface area contributed by atoms with Crippen molar-refractivity contribution < 1.29 is 0 Å². The Balaban J connectivity index is 2.19. The Bertz CT molecular complexity index is 150. The monoisotopic (exact) mass is 225 g/mol. The molecule has 1 rings (SSSR count). The molecule has 0 heterocycles. The zero-order valence-corrected chi connectivity index (χ0v) is 11.4. The highest BCUT2D eigenvalue weighted by atomic mass is 14.8. The van der Waals surface area contributed by atoms with Crippen LogP contribution >= 0.6 is 0 Å². The lowest BCUT2D eigenvalue weighted by Gasteiger charge is -2.23. The zero-order valence-electron chi connectivity index (χ0n) is 11.4. The summed E-state index contributed by atoms with van der Waals surface area (Å²) in [7, 11) is 0. The Labute approximate surface area is 102 Å². The van der Waals surface area contributed by atoms with Crippen molar-refractivity contribution in [3.05, 3.63) is 0 Å². The van der Waals surface area contributed by atoms with E-state index in [1.165, 1.54) is 64.3 Å². The molecule has 16 heavy (non-hydrogen) atoms. The number of hydrogen-bond acceptors (Lipinski definition) is 1. The second-order valence-corrected chi connectivity index (χ2v) is 5.46. The maximum atomic E-state index is 3.57. The predicted molar refractivity (Wildman–Crippen MR) is 72.8 cm³/mol. The van der Waals surface area contributed by atoms with E-state index in [0.717, 1.165) is 18.4 Å². The molecule has 1 N–H and O–H groups in total. The summed E-state index contributed by atoms with van der Waals surface area (Å²) < 4.78 is 0. The Morgan fingerprint density at radius 3 is 2.44 bits per heavy atom. The van der Waals surface area contributed by atoms with Gasteiger partial charge in [-0.25, -0.2) is 0 Å². The van der Waals surface area contributed by atoms with Gasteiger partial charge in [0.25, 0.3) is 0 Å². The molecule has 1 saturated carbocycles. The minimum atomic E-state index is 0.972. The van der Waals surface area contributed by atoms with Crippen LogP contribution in [-0.2, 0) is 0 Å². The van der Waals surface area contributed by atoms with Gasteiger partial charge in [-0.3, -0.25) is 0 Å². The minimum Gasteiger partial charge on any atom is -0.317 e. The molecule has 1 nitrogen and oxygen atoms in total. The average Bonchev–Trinajstić information content (AvgIpc) is 2.82. The van der Waals surface area contributed by atoms with Gasteiger partial charge in [-0.15, -0.1) is 0 Å². The van der Waals surface area contributed by atoms with Crippen molar-refractivity contribution in [2.45, 2.75) is 71.6 Å². The largest absolute Gasteiger partial charge is 0.317 e. The minimum absolute atomic E-state index is 0.972. The van der Waals surface area contributed by atoms with Crippen LogP contribution in [0.4, 0.5) is 0 Å². The van der Waals surface area contributed by atoms with Gasteiger partial charge in [0.05, 0.1) is 0 Å². The Morgan fingerprint density at radius 2 is 1.81 bits per heavy atom.